The second-order valence-corrected chi connectivity index (χ2v) is 8.44. The zero-order valence-electron chi connectivity index (χ0n) is 14.6. The van der Waals surface area contributed by atoms with E-state index in [0.29, 0.717) is 5.95 Å². The zero-order chi connectivity index (χ0) is 18.6. The summed E-state index contributed by atoms with van der Waals surface area (Å²) in [6, 6.07) is 4.25. The standard InChI is InChI=1S/C16H22ClN5O2S/c1-11(2)22(25(23,24)14-6-5-8-18-10-14)15-7-9-19-16(21-15)20-13(4)12(3)17/h5-13H,1-4H3,(H,19,20,21)/t12?,13-/m1/s1. The molecule has 25 heavy (non-hydrogen) atoms. The van der Waals surface area contributed by atoms with Gasteiger partial charge in [0.1, 0.15) is 10.7 Å². The first-order valence-corrected chi connectivity index (χ1v) is 9.79. The molecule has 0 aromatic carbocycles. The highest BCUT2D eigenvalue weighted by Gasteiger charge is 2.29. The molecular formula is C16H22ClN5O2S. The highest BCUT2D eigenvalue weighted by atomic mass is 35.5. The predicted octanol–water partition coefficient (Wildman–Crippen LogP) is 2.90. The molecule has 0 spiro atoms. The number of anilines is 2. The van der Waals surface area contributed by atoms with E-state index in [2.05, 4.69) is 20.3 Å². The smallest absolute Gasteiger partial charge is 0.267 e. The minimum Gasteiger partial charge on any atom is -0.350 e. The third kappa shape index (κ3) is 4.58. The Morgan fingerprint density at radius 3 is 2.44 bits per heavy atom. The lowest BCUT2D eigenvalue weighted by molar-refractivity contribution is 0.583. The Morgan fingerprint density at radius 1 is 1.16 bits per heavy atom. The van der Waals surface area contributed by atoms with Gasteiger partial charge in [-0.2, -0.15) is 4.98 Å². The highest BCUT2D eigenvalue weighted by molar-refractivity contribution is 7.92. The average Bonchev–Trinajstić information content (AvgIpc) is 2.55. The fourth-order valence-corrected chi connectivity index (χ4v) is 3.78. The van der Waals surface area contributed by atoms with Crippen molar-refractivity contribution in [3.05, 3.63) is 36.8 Å². The Kier molecular flexibility index (Phi) is 6.18. The molecule has 0 fully saturated rings. The first kappa shape index (κ1) is 19.4. The van der Waals surface area contributed by atoms with E-state index in [1.54, 1.807) is 26.0 Å². The van der Waals surface area contributed by atoms with E-state index in [1.165, 1.54) is 29.0 Å². The lowest BCUT2D eigenvalue weighted by atomic mass is 10.2. The van der Waals surface area contributed by atoms with E-state index in [-0.39, 0.29) is 28.2 Å². The Hall–Kier alpha value is -1.93. The van der Waals surface area contributed by atoms with E-state index < -0.39 is 10.0 Å². The van der Waals surface area contributed by atoms with Crippen molar-refractivity contribution < 1.29 is 8.42 Å². The molecule has 2 aromatic rings. The van der Waals surface area contributed by atoms with Gasteiger partial charge in [0.05, 0.1) is 5.38 Å². The molecular weight excluding hydrogens is 362 g/mol. The van der Waals surface area contributed by atoms with Crippen LogP contribution in [0.1, 0.15) is 27.7 Å². The molecule has 0 aliphatic rings. The van der Waals surface area contributed by atoms with E-state index in [1.807, 2.05) is 13.8 Å². The molecule has 0 aliphatic heterocycles. The molecule has 7 nitrogen and oxygen atoms in total. The van der Waals surface area contributed by atoms with Crippen LogP contribution in [0.15, 0.2) is 41.7 Å². The van der Waals surface area contributed by atoms with Gasteiger partial charge in [0.2, 0.25) is 5.95 Å². The van der Waals surface area contributed by atoms with Crippen molar-refractivity contribution in [3.63, 3.8) is 0 Å². The maximum Gasteiger partial charge on any atom is 0.267 e. The van der Waals surface area contributed by atoms with E-state index in [4.69, 9.17) is 11.6 Å². The minimum absolute atomic E-state index is 0.0700. The zero-order valence-corrected chi connectivity index (χ0v) is 16.2. The number of halogens is 1. The van der Waals surface area contributed by atoms with Crippen molar-refractivity contribution in [1.29, 1.82) is 0 Å². The van der Waals surface area contributed by atoms with Gasteiger partial charge in [-0.05, 0) is 39.8 Å². The minimum atomic E-state index is -3.79. The monoisotopic (exact) mass is 383 g/mol. The van der Waals surface area contributed by atoms with E-state index in [9.17, 15) is 8.42 Å². The molecule has 2 heterocycles. The van der Waals surface area contributed by atoms with Crippen LogP contribution < -0.4 is 9.62 Å². The first-order valence-electron chi connectivity index (χ1n) is 7.91. The normalized spacial score (nSPS) is 14.2. The lowest BCUT2D eigenvalue weighted by Gasteiger charge is -2.27. The van der Waals surface area contributed by atoms with Crippen molar-refractivity contribution in [3.8, 4) is 0 Å². The Morgan fingerprint density at radius 2 is 1.88 bits per heavy atom. The number of hydrogen-bond acceptors (Lipinski definition) is 6. The van der Waals surface area contributed by atoms with Crippen LogP contribution in [-0.4, -0.2) is 40.8 Å². The van der Waals surface area contributed by atoms with Crippen LogP contribution in [-0.2, 0) is 10.0 Å². The number of sulfonamides is 1. The van der Waals surface area contributed by atoms with Gasteiger partial charge < -0.3 is 5.32 Å². The molecule has 136 valence electrons. The second-order valence-electron chi connectivity index (χ2n) is 5.93. The first-order chi connectivity index (χ1) is 11.7. The van der Waals surface area contributed by atoms with Crippen LogP contribution in [0.4, 0.5) is 11.8 Å². The molecule has 2 aromatic heterocycles. The number of aromatic nitrogens is 3. The number of pyridine rings is 1. The van der Waals surface area contributed by atoms with Crippen LogP contribution >= 0.6 is 11.6 Å². The van der Waals surface area contributed by atoms with Gasteiger partial charge in [0.25, 0.3) is 10.0 Å². The van der Waals surface area contributed by atoms with E-state index in [0.717, 1.165) is 0 Å². The number of rotatable bonds is 7. The quantitative estimate of drug-likeness (QED) is 0.739. The van der Waals surface area contributed by atoms with Crippen molar-refractivity contribution in [1.82, 2.24) is 15.0 Å². The summed E-state index contributed by atoms with van der Waals surface area (Å²) in [6.07, 6.45) is 4.37. The summed E-state index contributed by atoms with van der Waals surface area (Å²) >= 11 is 6.05. The third-order valence-corrected chi connectivity index (χ3v) is 5.91. The highest BCUT2D eigenvalue weighted by Crippen LogP contribution is 2.24. The van der Waals surface area contributed by atoms with Crippen molar-refractivity contribution >= 4 is 33.4 Å². The molecule has 0 radical (unpaired) electrons. The molecule has 0 saturated heterocycles. The van der Waals surface area contributed by atoms with Gasteiger partial charge >= 0.3 is 0 Å². The molecule has 0 amide bonds. The molecule has 0 saturated carbocycles. The molecule has 0 aliphatic carbocycles. The number of nitrogens with zero attached hydrogens (tertiary/aromatic N) is 4. The van der Waals surface area contributed by atoms with Gasteiger partial charge in [0, 0.05) is 36.7 Å². The van der Waals surface area contributed by atoms with Crippen molar-refractivity contribution in [2.45, 2.75) is 50.1 Å². The lowest BCUT2D eigenvalue weighted by Crippen LogP contribution is -2.38. The Bertz CT molecular complexity index is 799. The summed E-state index contributed by atoms with van der Waals surface area (Å²) in [7, 11) is -3.79. The molecule has 1 N–H and O–H groups in total. The van der Waals surface area contributed by atoms with Gasteiger partial charge in [-0.3, -0.25) is 4.98 Å². The molecule has 2 rings (SSSR count). The Labute approximate surface area is 153 Å². The number of hydrogen-bond donors (Lipinski definition) is 1. The molecule has 1 unspecified atom stereocenters. The van der Waals surface area contributed by atoms with Crippen LogP contribution in [0.5, 0.6) is 0 Å². The van der Waals surface area contributed by atoms with Crippen molar-refractivity contribution in [2.24, 2.45) is 0 Å². The summed E-state index contributed by atoms with van der Waals surface area (Å²) in [6.45, 7) is 7.33. The second kappa shape index (κ2) is 7.97. The summed E-state index contributed by atoms with van der Waals surface area (Å²) < 4.78 is 27.3. The predicted molar refractivity (Wildman–Crippen MR) is 99.5 cm³/mol. The third-order valence-electron chi connectivity index (χ3n) is 3.57. The summed E-state index contributed by atoms with van der Waals surface area (Å²) in [4.78, 5) is 12.5. The summed E-state index contributed by atoms with van der Waals surface area (Å²) in [5, 5.41) is 2.95. The van der Waals surface area contributed by atoms with Crippen LogP contribution in [0.25, 0.3) is 0 Å². The van der Waals surface area contributed by atoms with Crippen LogP contribution in [0.3, 0.4) is 0 Å². The van der Waals surface area contributed by atoms with Gasteiger partial charge in [-0.1, -0.05) is 0 Å². The van der Waals surface area contributed by atoms with Crippen LogP contribution in [0.2, 0.25) is 0 Å². The maximum absolute atomic E-state index is 13.0. The summed E-state index contributed by atoms with van der Waals surface area (Å²) in [5.41, 5.74) is 0. The van der Waals surface area contributed by atoms with Gasteiger partial charge in [-0.15, -0.1) is 11.6 Å². The van der Waals surface area contributed by atoms with Gasteiger partial charge in [0.15, 0.2) is 0 Å². The SMILES string of the molecule is CC(Cl)[C@@H](C)Nc1nccc(N(C(C)C)S(=O)(=O)c2cccnc2)n1. The largest absolute Gasteiger partial charge is 0.350 e. The molecule has 9 heteroatoms. The fraction of sp³-hybridized carbons (Fsp3) is 0.438. The fourth-order valence-electron chi connectivity index (χ4n) is 2.14. The number of nitrogens with one attached hydrogen (secondary N) is 1. The number of alkyl halides is 1. The summed E-state index contributed by atoms with van der Waals surface area (Å²) in [5.74, 6) is 0.607. The average molecular weight is 384 g/mol. The Balaban J connectivity index is 2.42. The van der Waals surface area contributed by atoms with Crippen molar-refractivity contribution in [2.75, 3.05) is 9.62 Å². The molecule has 0 bridgehead atoms. The van der Waals surface area contributed by atoms with Crippen LogP contribution in [0, 0.1) is 0 Å². The van der Waals surface area contributed by atoms with Gasteiger partial charge in [-0.25, -0.2) is 17.7 Å². The maximum atomic E-state index is 13.0. The molecule has 2 atom stereocenters. The van der Waals surface area contributed by atoms with E-state index >= 15 is 0 Å². The topological polar surface area (TPSA) is 88.1 Å².